The van der Waals surface area contributed by atoms with Crippen LogP contribution in [0.3, 0.4) is 0 Å². The van der Waals surface area contributed by atoms with Gasteiger partial charge in [-0.3, -0.25) is 14.9 Å². The number of carbonyl (C=O) groups excluding carboxylic acids is 2. The Hall–Kier alpha value is -2.13. The fraction of sp³-hybridized carbons (Fsp3) is 0.250. The van der Waals surface area contributed by atoms with Gasteiger partial charge in [0.1, 0.15) is 0 Å². The van der Waals surface area contributed by atoms with Crippen molar-refractivity contribution in [2.75, 3.05) is 36.4 Å². The Morgan fingerprint density at radius 1 is 1.07 bits per heavy atom. The van der Waals surface area contributed by atoms with Crippen LogP contribution in [0.2, 0.25) is 10.0 Å². The highest BCUT2D eigenvalue weighted by Crippen LogP contribution is 2.33. The molecule has 3 heterocycles. The van der Waals surface area contributed by atoms with Crippen LogP contribution in [0.15, 0.2) is 41.1 Å². The van der Waals surface area contributed by atoms with Crippen LogP contribution in [0.25, 0.3) is 0 Å². The number of nitrogens with one attached hydrogen (secondary N) is 1. The molecule has 0 spiro atoms. The third-order valence-corrected chi connectivity index (χ3v) is 7.24. The van der Waals surface area contributed by atoms with Crippen molar-refractivity contribution in [1.82, 2.24) is 9.88 Å². The summed E-state index contributed by atoms with van der Waals surface area (Å²) in [4.78, 5) is 33.8. The molecule has 30 heavy (non-hydrogen) atoms. The first-order valence-electron chi connectivity index (χ1n) is 9.27. The van der Waals surface area contributed by atoms with E-state index in [-0.39, 0.29) is 18.2 Å². The van der Waals surface area contributed by atoms with Crippen LogP contribution in [0, 0.1) is 0 Å². The number of aromatic nitrogens is 1. The Morgan fingerprint density at radius 2 is 1.87 bits per heavy atom. The van der Waals surface area contributed by atoms with Crippen molar-refractivity contribution < 1.29 is 9.59 Å². The predicted octanol–water partition coefficient (Wildman–Crippen LogP) is 4.66. The second-order valence-electron chi connectivity index (χ2n) is 6.69. The molecular formula is C20H18Cl2N4O2S2. The molecule has 1 aliphatic heterocycles. The Morgan fingerprint density at radius 3 is 2.60 bits per heavy atom. The van der Waals surface area contributed by atoms with Gasteiger partial charge in [-0.2, -0.15) is 0 Å². The van der Waals surface area contributed by atoms with E-state index in [1.165, 1.54) is 22.7 Å². The molecule has 156 valence electrons. The number of piperazine rings is 1. The smallest absolute Gasteiger partial charge is 0.267 e. The quantitative estimate of drug-likeness (QED) is 0.576. The van der Waals surface area contributed by atoms with Crippen molar-refractivity contribution in [1.29, 1.82) is 0 Å². The minimum absolute atomic E-state index is 0.0216. The summed E-state index contributed by atoms with van der Waals surface area (Å²) in [6.45, 7) is 2.58. The normalized spacial score (nSPS) is 14.1. The van der Waals surface area contributed by atoms with Crippen molar-refractivity contribution in [3.8, 4) is 0 Å². The Balaban J connectivity index is 1.30. The number of hydrogen-bond acceptors (Lipinski definition) is 6. The summed E-state index contributed by atoms with van der Waals surface area (Å²) in [5.41, 5.74) is 1.55. The number of thiophene rings is 1. The van der Waals surface area contributed by atoms with Crippen molar-refractivity contribution >= 4 is 68.5 Å². The maximum atomic E-state index is 12.7. The lowest BCUT2D eigenvalue weighted by Gasteiger charge is -2.36. The predicted molar refractivity (Wildman–Crippen MR) is 123 cm³/mol. The van der Waals surface area contributed by atoms with Gasteiger partial charge >= 0.3 is 0 Å². The van der Waals surface area contributed by atoms with Gasteiger partial charge in [-0.25, -0.2) is 4.98 Å². The van der Waals surface area contributed by atoms with Crippen molar-refractivity contribution in [3.05, 3.63) is 61.7 Å². The lowest BCUT2D eigenvalue weighted by Crippen LogP contribution is -2.49. The maximum Gasteiger partial charge on any atom is 0.267 e. The third-order valence-electron chi connectivity index (χ3n) is 4.75. The molecule has 1 fully saturated rings. The molecule has 0 radical (unpaired) electrons. The highest BCUT2D eigenvalue weighted by Gasteiger charge is 2.23. The molecule has 0 atom stereocenters. The highest BCUT2D eigenvalue weighted by molar-refractivity contribution is 7.14. The molecule has 0 unspecified atom stereocenters. The third kappa shape index (κ3) is 4.78. The largest absolute Gasteiger partial charge is 0.367 e. The van der Waals surface area contributed by atoms with E-state index in [2.05, 4.69) is 15.2 Å². The number of amides is 2. The molecule has 3 aromatic rings. The molecule has 0 bridgehead atoms. The Kier molecular flexibility index (Phi) is 6.58. The van der Waals surface area contributed by atoms with Gasteiger partial charge in [-0.05, 0) is 23.6 Å². The molecule has 1 aliphatic rings. The van der Waals surface area contributed by atoms with Crippen LogP contribution in [-0.4, -0.2) is 47.9 Å². The summed E-state index contributed by atoms with van der Waals surface area (Å²) in [6, 6.07) is 9.16. The molecule has 0 saturated carbocycles. The summed E-state index contributed by atoms with van der Waals surface area (Å²) >= 11 is 15.1. The van der Waals surface area contributed by atoms with Crippen molar-refractivity contribution in [2.24, 2.45) is 0 Å². The zero-order valence-electron chi connectivity index (χ0n) is 15.8. The topological polar surface area (TPSA) is 65.5 Å². The van der Waals surface area contributed by atoms with Crippen LogP contribution in [0.5, 0.6) is 0 Å². The number of anilines is 2. The summed E-state index contributed by atoms with van der Waals surface area (Å²) < 4.78 is 0. The fourth-order valence-electron chi connectivity index (χ4n) is 3.21. The Labute approximate surface area is 192 Å². The minimum Gasteiger partial charge on any atom is -0.367 e. The molecular weight excluding hydrogens is 463 g/mol. The van der Waals surface area contributed by atoms with E-state index >= 15 is 0 Å². The SMILES string of the molecule is O=C(Nc1nc(CC(=O)N2CCN(c3cccc(Cl)c3Cl)CC2)cs1)c1cccs1. The lowest BCUT2D eigenvalue weighted by atomic mass is 10.2. The van der Waals surface area contributed by atoms with E-state index in [1.807, 2.05) is 33.9 Å². The standard InChI is InChI=1S/C20H18Cl2N4O2S2/c21-14-3-1-4-15(18(14)22)25-6-8-26(9-7-25)17(27)11-13-12-30-20(23-13)24-19(28)16-5-2-10-29-16/h1-5,10,12H,6-9,11H2,(H,23,24,28). The van der Waals surface area contributed by atoms with Crippen molar-refractivity contribution in [3.63, 3.8) is 0 Å². The van der Waals surface area contributed by atoms with Crippen LogP contribution in [0.4, 0.5) is 10.8 Å². The molecule has 4 rings (SSSR count). The highest BCUT2D eigenvalue weighted by atomic mass is 35.5. The second kappa shape index (κ2) is 9.34. The van der Waals surface area contributed by atoms with Gasteiger partial charge in [0.25, 0.3) is 5.91 Å². The van der Waals surface area contributed by atoms with E-state index in [4.69, 9.17) is 23.2 Å². The van der Waals surface area contributed by atoms with E-state index in [1.54, 1.807) is 12.1 Å². The molecule has 1 aromatic carbocycles. The average Bonchev–Trinajstić information content (AvgIpc) is 3.43. The number of nitrogens with zero attached hydrogens (tertiary/aromatic N) is 3. The van der Waals surface area contributed by atoms with Gasteiger partial charge in [-0.1, -0.05) is 35.3 Å². The number of halogens is 2. The van der Waals surface area contributed by atoms with Crippen LogP contribution in [0.1, 0.15) is 15.4 Å². The van der Waals surface area contributed by atoms with Gasteiger partial charge < -0.3 is 9.80 Å². The van der Waals surface area contributed by atoms with E-state index < -0.39 is 0 Å². The monoisotopic (exact) mass is 480 g/mol. The molecule has 1 saturated heterocycles. The molecule has 2 aromatic heterocycles. The lowest BCUT2D eigenvalue weighted by molar-refractivity contribution is -0.130. The Bertz CT molecular complexity index is 1050. The van der Waals surface area contributed by atoms with E-state index in [9.17, 15) is 9.59 Å². The van der Waals surface area contributed by atoms with Crippen LogP contribution < -0.4 is 10.2 Å². The summed E-state index contributed by atoms with van der Waals surface area (Å²) in [7, 11) is 0. The first-order valence-corrected chi connectivity index (χ1v) is 11.8. The minimum atomic E-state index is -0.187. The van der Waals surface area contributed by atoms with Gasteiger partial charge in [0.2, 0.25) is 5.91 Å². The maximum absolute atomic E-state index is 12.7. The van der Waals surface area contributed by atoms with E-state index in [0.29, 0.717) is 51.9 Å². The first-order chi connectivity index (χ1) is 14.5. The van der Waals surface area contributed by atoms with Gasteiger partial charge in [-0.15, -0.1) is 22.7 Å². The van der Waals surface area contributed by atoms with Gasteiger partial charge in [0, 0.05) is 31.6 Å². The average molecular weight is 481 g/mol. The molecule has 0 aliphatic carbocycles. The molecule has 10 heteroatoms. The zero-order valence-corrected chi connectivity index (χ0v) is 19.0. The number of carbonyl (C=O) groups is 2. The molecule has 6 nitrogen and oxygen atoms in total. The van der Waals surface area contributed by atoms with E-state index in [0.717, 1.165) is 5.69 Å². The van der Waals surface area contributed by atoms with Crippen molar-refractivity contribution in [2.45, 2.75) is 6.42 Å². The van der Waals surface area contributed by atoms with Crippen LogP contribution in [-0.2, 0) is 11.2 Å². The van der Waals surface area contributed by atoms with Crippen LogP contribution >= 0.6 is 45.9 Å². The number of benzene rings is 1. The fourth-order valence-corrected chi connectivity index (χ4v) is 4.95. The molecule has 2 amide bonds. The number of hydrogen-bond donors (Lipinski definition) is 1. The van der Waals surface area contributed by atoms with Gasteiger partial charge in [0.15, 0.2) is 5.13 Å². The second-order valence-corrected chi connectivity index (χ2v) is 9.28. The first kappa shape index (κ1) is 21.1. The summed E-state index contributed by atoms with van der Waals surface area (Å²) in [5, 5.41) is 8.00. The number of rotatable bonds is 5. The molecule has 1 N–H and O–H groups in total. The number of thiazole rings is 1. The van der Waals surface area contributed by atoms with Gasteiger partial charge in [0.05, 0.1) is 32.7 Å². The zero-order chi connectivity index (χ0) is 21.1. The summed E-state index contributed by atoms with van der Waals surface area (Å²) in [5.74, 6) is -0.165. The summed E-state index contributed by atoms with van der Waals surface area (Å²) in [6.07, 6.45) is 0.212.